The van der Waals surface area contributed by atoms with Crippen molar-refractivity contribution in [3.8, 4) is 11.8 Å². The van der Waals surface area contributed by atoms with Crippen LogP contribution in [0.2, 0.25) is 0 Å². The second-order valence-corrected chi connectivity index (χ2v) is 4.47. The minimum absolute atomic E-state index is 0.0890. The molecule has 4 N–H and O–H groups in total. The predicted molar refractivity (Wildman–Crippen MR) is 58.3 cm³/mol. The molecule has 0 radical (unpaired) electrons. The van der Waals surface area contributed by atoms with Crippen LogP contribution in [0.1, 0.15) is 19.8 Å². The summed E-state index contributed by atoms with van der Waals surface area (Å²) in [6.07, 6.45) is -0.0807. The summed E-state index contributed by atoms with van der Waals surface area (Å²) in [4.78, 5) is 22.8. The van der Waals surface area contributed by atoms with E-state index in [0.29, 0.717) is 0 Å². The van der Waals surface area contributed by atoms with Crippen LogP contribution in [0.25, 0.3) is 0 Å². The van der Waals surface area contributed by atoms with Crippen LogP contribution in [0.4, 0.5) is 0 Å². The molecule has 1 heterocycles. The van der Waals surface area contributed by atoms with Crippen LogP contribution in [0.15, 0.2) is 12.1 Å². The molecule has 0 saturated heterocycles. The van der Waals surface area contributed by atoms with Crippen molar-refractivity contribution >= 4 is 11.9 Å². The first kappa shape index (κ1) is 12.3. The van der Waals surface area contributed by atoms with Gasteiger partial charge in [-0.05, 0) is 6.42 Å². The summed E-state index contributed by atoms with van der Waals surface area (Å²) in [5.74, 6) is -3.56. The van der Waals surface area contributed by atoms with Crippen LogP contribution in [-0.4, -0.2) is 36.9 Å². The third-order valence-electron chi connectivity index (χ3n) is 3.81. The zero-order valence-corrected chi connectivity index (χ0v) is 9.62. The number of nitrogens with zero attached hydrogens (tertiary/aromatic N) is 1. The highest BCUT2D eigenvalue weighted by atomic mass is 16.4. The van der Waals surface area contributed by atoms with E-state index in [1.165, 1.54) is 0 Å². The average molecular weight is 255 g/mol. The van der Waals surface area contributed by atoms with E-state index in [-0.39, 0.29) is 12.8 Å². The Kier molecular flexibility index (Phi) is 2.33. The highest BCUT2D eigenvalue weighted by Gasteiger charge is 2.78. The molecule has 0 bridgehead atoms. The number of carboxylic acids is 2. The summed E-state index contributed by atoms with van der Waals surface area (Å²) in [6.45, 7) is 1.57. The van der Waals surface area contributed by atoms with E-state index in [0.717, 1.165) is 16.7 Å². The van der Waals surface area contributed by atoms with Gasteiger partial charge in [-0.1, -0.05) is 6.92 Å². The standard InChI is InChI=1S/C11H13NO6/c1-2-10(8(15)16)5-11(10,9(17)18)12-6(13)3-4-7(12)14/h3-4,13-14H,2,5H2,1H3,(H,15,16)(H,17,18). The van der Waals surface area contributed by atoms with Gasteiger partial charge >= 0.3 is 11.9 Å². The maximum absolute atomic E-state index is 11.5. The summed E-state index contributed by atoms with van der Waals surface area (Å²) in [5.41, 5.74) is -3.34. The summed E-state index contributed by atoms with van der Waals surface area (Å²) in [6, 6.07) is 2.25. The molecule has 1 aromatic rings. The fourth-order valence-corrected chi connectivity index (χ4v) is 2.69. The molecule has 1 fully saturated rings. The number of aliphatic carboxylic acids is 2. The SMILES string of the molecule is CCC1(C(=O)O)CC1(C(=O)O)n1c(O)ccc1O. The monoisotopic (exact) mass is 255 g/mol. The number of carboxylic acid groups (broad SMARTS) is 2. The molecule has 1 aliphatic carbocycles. The van der Waals surface area contributed by atoms with Crippen molar-refractivity contribution in [2.24, 2.45) is 5.41 Å². The zero-order chi connectivity index (χ0) is 13.7. The van der Waals surface area contributed by atoms with Crippen LogP contribution in [-0.2, 0) is 15.1 Å². The van der Waals surface area contributed by atoms with Crippen LogP contribution in [0.3, 0.4) is 0 Å². The molecule has 7 nitrogen and oxygen atoms in total. The topological polar surface area (TPSA) is 120 Å². The van der Waals surface area contributed by atoms with Gasteiger partial charge in [-0.3, -0.25) is 9.36 Å². The molecular weight excluding hydrogens is 242 g/mol. The maximum atomic E-state index is 11.5. The van der Waals surface area contributed by atoms with Crippen molar-refractivity contribution in [2.45, 2.75) is 25.3 Å². The Morgan fingerprint density at radius 2 is 1.72 bits per heavy atom. The van der Waals surface area contributed by atoms with E-state index in [9.17, 15) is 30.0 Å². The molecule has 0 aliphatic heterocycles. The second kappa shape index (κ2) is 3.41. The lowest BCUT2D eigenvalue weighted by Crippen LogP contribution is -2.37. The van der Waals surface area contributed by atoms with Gasteiger partial charge in [0.25, 0.3) is 0 Å². The van der Waals surface area contributed by atoms with Crippen molar-refractivity contribution in [3.05, 3.63) is 12.1 Å². The van der Waals surface area contributed by atoms with Gasteiger partial charge in [-0.25, -0.2) is 4.79 Å². The van der Waals surface area contributed by atoms with E-state index < -0.39 is 34.7 Å². The molecule has 0 aromatic carbocycles. The molecule has 0 spiro atoms. The Bertz CT molecular complexity index is 516. The van der Waals surface area contributed by atoms with Crippen molar-refractivity contribution in [1.29, 1.82) is 0 Å². The van der Waals surface area contributed by atoms with E-state index in [1.54, 1.807) is 6.92 Å². The van der Waals surface area contributed by atoms with Gasteiger partial charge in [-0.15, -0.1) is 0 Å². The molecule has 1 aliphatic rings. The smallest absolute Gasteiger partial charge is 0.331 e. The Morgan fingerprint density at radius 3 is 2.00 bits per heavy atom. The Morgan fingerprint density at radius 1 is 1.22 bits per heavy atom. The Hall–Kier alpha value is -2.18. The number of aromatic hydroxyl groups is 2. The minimum atomic E-state index is -1.83. The van der Waals surface area contributed by atoms with E-state index >= 15 is 0 Å². The number of hydrogen-bond acceptors (Lipinski definition) is 4. The molecule has 7 heteroatoms. The molecule has 2 atom stereocenters. The maximum Gasteiger partial charge on any atom is 0.331 e. The van der Waals surface area contributed by atoms with Gasteiger partial charge in [-0.2, -0.15) is 0 Å². The molecule has 1 saturated carbocycles. The number of aromatic nitrogens is 1. The van der Waals surface area contributed by atoms with Crippen LogP contribution in [0, 0.1) is 5.41 Å². The zero-order valence-electron chi connectivity index (χ0n) is 9.62. The Labute approximate surface area is 102 Å². The van der Waals surface area contributed by atoms with E-state index in [1.807, 2.05) is 0 Å². The van der Waals surface area contributed by atoms with E-state index in [2.05, 4.69) is 0 Å². The molecular formula is C11H13NO6. The van der Waals surface area contributed by atoms with Gasteiger partial charge in [0.05, 0.1) is 0 Å². The quantitative estimate of drug-likeness (QED) is 0.624. The number of rotatable bonds is 4. The average Bonchev–Trinajstić information content (AvgIpc) is 2.88. The van der Waals surface area contributed by atoms with Gasteiger partial charge in [0, 0.05) is 18.6 Å². The van der Waals surface area contributed by atoms with Gasteiger partial charge in [0.15, 0.2) is 17.3 Å². The number of carbonyl (C=O) groups is 2. The second-order valence-electron chi connectivity index (χ2n) is 4.47. The molecule has 2 unspecified atom stereocenters. The molecule has 98 valence electrons. The summed E-state index contributed by atoms with van der Waals surface area (Å²) >= 11 is 0. The summed E-state index contributed by atoms with van der Waals surface area (Å²) in [5, 5.41) is 37.8. The predicted octanol–water partition coefficient (Wildman–Crippen LogP) is 0.564. The third-order valence-corrected chi connectivity index (χ3v) is 3.81. The first-order valence-corrected chi connectivity index (χ1v) is 5.40. The largest absolute Gasteiger partial charge is 0.494 e. The number of hydrogen-bond donors (Lipinski definition) is 4. The highest BCUT2D eigenvalue weighted by Crippen LogP contribution is 2.66. The molecule has 2 rings (SSSR count). The lowest BCUT2D eigenvalue weighted by atomic mass is 9.96. The lowest BCUT2D eigenvalue weighted by molar-refractivity contribution is -0.153. The van der Waals surface area contributed by atoms with Crippen LogP contribution >= 0.6 is 0 Å². The van der Waals surface area contributed by atoms with Crippen molar-refractivity contribution in [1.82, 2.24) is 4.57 Å². The van der Waals surface area contributed by atoms with E-state index in [4.69, 9.17) is 0 Å². The fraction of sp³-hybridized carbons (Fsp3) is 0.455. The molecule has 18 heavy (non-hydrogen) atoms. The summed E-state index contributed by atoms with van der Waals surface area (Å²) in [7, 11) is 0. The van der Waals surface area contributed by atoms with Crippen molar-refractivity contribution in [3.63, 3.8) is 0 Å². The van der Waals surface area contributed by atoms with Crippen molar-refractivity contribution < 1.29 is 30.0 Å². The summed E-state index contributed by atoms with van der Waals surface area (Å²) < 4.78 is 0.771. The first-order chi connectivity index (χ1) is 8.33. The van der Waals surface area contributed by atoms with Crippen LogP contribution < -0.4 is 0 Å². The van der Waals surface area contributed by atoms with Gasteiger partial charge in [0.1, 0.15) is 5.41 Å². The first-order valence-electron chi connectivity index (χ1n) is 5.40. The normalized spacial score (nSPS) is 30.1. The molecule has 0 amide bonds. The fourth-order valence-electron chi connectivity index (χ4n) is 2.69. The molecule has 1 aromatic heterocycles. The lowest BCUT2D eigenvalue weighted by Gasteiger charge is -2.21. The van der Waals surface area contributed by atoms with Crippen molar-refractivity contribution in [2.75, 3.05) is 0 Å². The van der Waals surface area contributed by atoms with Gasteiger partial charge in [0.2, 0.25) is 0 Å². The third kappa shape index (κ3) is 1.13. The Balaban J connectivity index is 2.64. The minimum Gasteiger partial charge on any atom is -0.494 e. The highest BCUT2D eigenvalue weighted by molar-refractivity contribution is 5.95. The van der Waals surface area contributed by atoms with Crippen LogP contribution in [0.5, 0.6) is 11.8 Å². The van der Waals surface area contributed by atoms with Gasteiger partial charge < -0.3 is 20.4 Å².